The number of rotatable bonds is 2. The van der Waals surface area contributed by atoms with Gasteiger partial charge in [0.2, 0.25) is 0 Å². The van der Waals surface area contributed by atoms with Crippen LogP contribution in [0.15, 0.2) is 12.1 Å². The molecular formula is C11H16N4O2. The Morgan fingerprint density at radius 3 is 2.94 bits per heavy atom. The average molecular weight is 236 g/mol. The zero-order valence-corrected chi connectivity index (χ0v) is 9.80. The summed E-state index contributed by atoms with van der Waals surface area (Å²) in [5.41, 5.74) is 6.12. The van der Waals surface area contributed by atoms with Gasteiger partial charge < -0.3 is 15.4 Å². The number of ether oxygens (including phenoxy) is 1. The fourth-order valence-corrected chi connectivity index (χ4v) is 1.93. The molecule has 92 valence electrons. The summed E-state index contributed by atoms with van der Waals surface area (Å²) in [6.45, 7) is 1.71. The Kier molecular flexibility index (Phi) is 3.53. The highest BCUT2D eigenvalue weighted by Crippen LogP contribution is 2.16. The number of carbonyl (C=O) groups is 1. The Morgan fingerprint density at radius 1 is 1.53 bits per heavy atom. The molecule has 0 saturated carbocycles. The number of aromatic nitrogens is 2. The van der Waals surface area contributed by atoms with Gasteiger partial charge in [-0.25, -0.2) is 4.79 Å². The third-order valence-electron chi connectivity index (χ3n) is 2.83. The molecule has 1 aromatic heterocycles. The Balaban J connectivity index is 2.09. The van der Waals surface area contributed by atoms with Gasteiger partial charge in [0.05, 0.1) is 7.11 Å². The Bertz CT molecular complexity index is 393. The molecule has 1 saturated heterocycles. The van der Waals surface area contributed by atoms with Crippen molar-refractivity contribution in [1.82, 2.24) is 10.2 Å². The molecule has 0 aliphatic carbocycles. The lowest BCUT2D eigenvalue weighted by molar-refractivity contribution is 0.0592. The summed E-state index contributed by atoms with van der Waals surface area (Å²) in [6, 6.07) is 3.58. The summed E-state index contributed by atoms with van der Waals surface area (Å²) < 4.78 is 4.56. The van der Waals surface area contributed by atoms with E-state index >= 15 is 0 Å². The lowest BCUT2D eigenvalue weighted by Gasteiger charge is -2.31. The summed E-state index contributed by atoms with van der Waals surface area (Å²) in [7, 11) is 1.32. The van der Waals surface area contributed by atoms with Crippen LogP contribution in [0.1, 0.15) is 23.3 Å². The van der Waals surface area contributed by atoms with Crippen molar-refractivity contribution >= 4 is 11.8 Å². The second-order valence-electron chi connectivity index (χ2n) is 4.12. The van der Waals surface area contributed by atoms with Crippen LogP contribution in [-0.4, -0.2) is 42.4 Å². The highest BCUT2D eigenvalue weighted by Gasteiger charge is 2.18. The van der Waals surface area contributed by atoms with E-state index in [2.05, 4.69) is 19.8 Å². The number of esters is 1. The lowest BCUT2D eigenvalue weighted by atomic mass is 10.1. The van der Waals surface area contributed by atoms with Crippen molar-refractivity contribution in [2.45, 2.75) is 18.9 Å². The number of anilines is 1. The first-order valence-electron chi connectivity index (χ1n) is 5.63. The monoisotopic (exact) mass is 236 g/mol. The zero-order valence-electron chi connectivity index (χ0n) is 9.80. The van der Waals surface area contributed by atoms with Crippen molar-refractivity contribution < 1.29 is 9.53 Å². The first-order valence-corrected chi connectivity index (χ1v) is 5.63. The van der Waals surface area contributed by atoms with Crippen molar-refractivity contribution in [2.24, 2.45) is 5.73 Å². The van der Waals surface area contributed by atoms with E-state index in [0.29, 0.717) is 0 Å². The summed E-state index contributed by atoms with van der Waals surface area (Å²) in [4.78, 5) is 13.3. The van der Waals surface area contributed by atoms with E-state index < -0.39 is 5.97 Å². The summed E-state index contributed by atoms with van der Waals surface area (Å²) in [5.74, 6) is 0.284. The van der Waals surface area contributed by atoms with E-state index in [1.165, 1.54) is 7.11 Å². The van der Waals surface area contributed by atoms with Gasteiger partial charge in [-0.05, 0) is 25.0 Å². The topological polar surface area (TPSA) is 81.3 Å². The van der Waals surface area contributed by atoms with Crippen LogP contribution in [0.4, 0.5) is 5.82 Å². The van der Waals surface area contributed by atoms with Crippen molar-refractivity contribution in [1.29, 1.82) is 0 Å². The number of nitrogens with two attached hydrogens (primary N) is 1. The smallest absolute Gasteiger partial charge is 0.358 e. The largest absolute Gasteiger partial charge is 0.464 e. The number of methoxy groups -OCH3 is 1. The first-order chi connectivity index (χ1) is 8.20. The first kappa shape index (κ1) is 11.8. The molecule has 1 fully saturated rings. The Morgan fingerprint density at radius 2 is 2.35 bits per heavy atom. The fourth-order valence-electron chi connectivity index (χ4n) is 1.93. The molecule has 0 unspecified atom stereocenters. The van der Waals surface area contributed by atoms with Crippen molar-refractivity contribution in [2.75, 3.05) is 25.1 Å². The van der Waals surface area contributed by atoms with Gasteiger partial charge in [-0.15, -0.1) is 10.2 Å². The second-order valence-corrected chi connectivity index (χ2v) is 4.12. The third kappa shape index (κ3) is 2.71. The maximum atomic E-state index is 11.2. The van der Waals surface area contributed by atoms with Crippen LogP contribution in [0, 0.1) is 0 Å². The molecule has 1 aliphatic heterocycles. The van der Waals surface area contributed by atoms with Crippen LogP contribution in [0.3, 0.4) is 0 Å². The zero-order chi connectivity index (χ0) is 12.3. The summed E-state index contributed by atoms with van der Waals surface area (Å²) in [6.07, 6.45) is 2.10. The molecular weight excluding hydrogens is 220 g/mol. The fraction of sp³-hybridized carbons (Fsp3) is 0.545. The van der Waals surface area contributed by atoms with Gasteiger partial charge in [0.25, 0.3) is 0 Å². The lowest BCUT2D eigenvalue weighted by Crippen LogP contribution is -2.43. The van der Waals surface area contributed by atoms with Crippen LogP contribution in [-0.2, 0) is 4.74 Å². The minimum atomic E-state index is -0.473. The maximum Gasteiger partial charge on any atom is 0.358 e. The number of hydrogen-bond acceptors (Lipinski definition) is 6. The van der Waals surface area contributed by atoms with Crippen LogP contribution < -0.4 is 10.6 Å². The van der Waals surface area contributed by atoms with E-state index in [1.807, 2.05) is 0 Å². The number of piperidine rings is 1. The summed E-state index contributed by atoms with van der Waals surface area (Å²) >= 11 is 0. The van der Waals surface area contributed by atoms with E-state index in [1.54, 1.807) is 12.1 Å². The molecule has 2 N–H and O–H groups in total. The number of nitrogens with zero attached hydrogens (tertiary/aromatic N) is 3. The molecule has 0 spiro atoms. The Labute approximate surface area is 99.8 Å². The van der Waals surface area contributed by atoms with Crippen LogP contribution in [0.5, 0.6) is 0 Å². The average Bonchev–Trinajstić information content (AvgIpc) is 2.38. The minimum Gasteiger partial charge on any atom is -0.464 e. The second kappa shape index (κ2) is 5.09. The third-order valence-corrected chi connectivity index (χ3v) is 2.83. The highest BCUT2D eigenvalue weighted by molar-refractivity contribution is 5.86. The van der Waals surface area contributed by atoms with Crippen molar-refractivity contribution in [3.05, 3.63) is 17.8 Å². The quantitative estimate of drug-likeness (QED) is 0.738. The van der Waals surface area contributed by atoms with Gasteiger partial charge in [-0.2, -0.15) is 0 Å². The van der Waals surface area contributed by atoms with Gasteiger partial charge in [-0.3, -0.25) is 0 Å². The Hall–Kier alpha value is -1.69. The van der Waals surface area contributed by atoms with Gasteiger partial charge >= 0.3 is 5.97 Å². The molecule has 1 aromatic rings. The highest BCUT2D eigenvalue weighted by atomic mass is 16.5. The van der Waals surface area contributed by atoms with E-state index in [0.717, 1.165) is 31.7 Å². The van der Waals surface area contributed by atoms with Gasteiger partial charge in [0.1, 0.15) is 0 Å². The minimum absolute atomic E-state index is 0.186. The normalized spacial score (nSPS) is 20.1. The SMILES string of the molecule is COC(=O)c1ccc(N2CCC[C@@H](N)C2)nn1. The molecule has 0 amide bonds. The molecule has 0 bridgehead atoms. The molecule has 0 aromatic carbocycles. The number of hydrogen-bond donors (Lipinski definition) is 1. The molecule has 17 heavy (non-hydrogen) atoms. The predicted octanol–water partition coefficient (Wildman–Crippen LogP) is 0.191. The van der Waals surface area contributed by atoms with Crippen molar-refractivity contribution in [3.63, 3.8) is 0 Å². The molecule has 0 radical (unpaired) electrons. The molecule has 6 nitrogen and oxygen atoms in total. The molecule has 2 rings (SSSR count). The van der Waals surface area contributed by atoms with E-state index in [4.69, 9.17) is 5.73 Å². The standard InChI is InChI=1S/C11H16N4O2/c1-17-11(16)9-4-5-10(14-13-9)15-6-2-3-8(12)7-15/h4-5,8H,2-3,6-7,12H2,1H3/t8-/m1/s1. The predicted molar refractivity (Wildman–Crippen MR) is 62.8 cm³/mol. The van der Waals surface area contributed by atoms with Crippen LogP contribution in [0.2, 0.25) is 0 Å². The molecule has 6 heteroatoms. The van der Waals surface area contributed by atoms with Gasteiger partial charge in [0, 0.05) is 19.1 Å². The van der Waals surface area contributed by atoms with Gasteiger partial charge in [0.15, 0.2) is 11.5 Å². The number of carbonyl (C=O) groups excluding carboxylic acids is 1. The van der Waals surface area contributed by atoms with Crippen LogP contribution in [0.25, 0.3) is 0 Å². The molecule has 1 atom stereocenters. The van der Waals surface area contributed by atoms with E-state index in [-0.39, 0.29) is 11.7 Å². The van der Waals surface area contributed by atoms with Crippen molar-refractivity contribution in [3.8, 4) is 0 Å². The molecule has 1 aliphatic rings. The summed E-state index contributed by atoms with van der Waals surface area (Å²) in [5, 5.41) is 7.87. The van der Waals surface area contributed by atoms with Gasteiger partial charge in [-0.1, -0.05) is 0 Å². The van der Waals surface area contributed by atoms with E-state index in [9.17, 15) is 4.79 Å². The van der Waals surface area contributed by atoms with Crippen LogP contribution >= 0.6 is 0 Å². The maximum absolute atomic E-state index is 11.2. The molecule has 2 heterocycles.